The van der Waals surface area contributed by atoms with Gasteiger partial charge in [-0.1, -0.05) is 0 Å². The van der Waals surface area contributed by atoms with Crippen molar-refractivity contribution >= 4 is 38.4 Å². The van der Waals surface area contributed by atoms with Crippen molar-refractivity contribution in [1.82, 2.24) is 4.31 Å². The van der Waals surface area contributed by atoms with Crippen LogP contribution in [0.2, 0.25) is 0 Å². The van der Waals surface area contributed by atoms with Crippen molar-refractivity contribution in [3.05, 3.63) is 28.0 Å². The van der Waals surface area contributed by atoms with Gasteiger partial charge in [0.25, 0.3) is 0 Å². The average molecular weight is 388 g/mol. The van der Waals surface area contributed by atoms with E-state index in [9.17, 15) is 12.8 Å². The Morgan fingerprint density at radius 2 is 1.90 bits per heavy atom. The first-order chi connectivity index (χ1) is 8.82. The molecule has 0 bridgehead atoms. The Morgan fingerprint density at radius 3 is 2.45 bits per heavy atom. The van der Waals surface area contributed by atoms with Gasteiger partial charge in [0, 0.05) is 19.1 Å². The molecule has 1 heterocycles. The van der Waals surface area contributed by atoms with Gasteiger partial charge in [0.2, 0.25) is 10.0 Å². The van der Waals surface area contributed by atoms with Gasteiger partial charge in [-0.15, -0.1) is 12.4 Å². The second kappa shape index (κ2) is 6.70. The fourth-order valence-electron chi connectivity index (χ4n) is 2.16. The summed E-state index contributed by atoms with van der Waals surface area (Å²) in [7, 11) is -3.57. The van der Waals surface area contributed by atoms with Crippen LogP contribution in [0.1, 0.15) is 18.4 Å². The minimum atomic E-state index is -3.57. The lowest BCUT2D eigenvalue weighted by Crippen LogP contribution is -2.42. The predicted octanol–water partition coefficient (Wildman–Crippen LogP) is 2.43. The first kappa shape index (κ1) is 17.8. The van der Waals surface area contributed by atoms with E-state index in [1.165, 1.54) is 16.4 Å². The number of hydrogen-bond donors (Lipinski definition) is 1. The maximum absolute atomic E-state index is 13.4. The molecule has 2 N–H and O–H groups in total. The molecule has 0 atom stereocenters. The highest BCUT2D eigenvalue weighted by atomic mass is 79.9. The van der Waals surface area contributed by atoms with Gasteiger partial charge in [-0.2, -0.15) is 4.31 Å². The summed E-state index contributed by atoms with van der Waals surface area (Å²) in [5, 5.41) is 0. The first-order valence-electron chi connectivity index (χ1n) is 6.03. The van der Waals surface area contributed by atoms with Crippen LogP contribution in [0.3, 0.4) is 0 Å². The van der Waals surface area contributed by atoms with Gasteiger partial charge >= 0.3 is 0 Å². The van der Waals surface area contributed by atoms with E-state index in [0.29, 0.717) is 31.5 Å². The van der Waals surface area contributed by atoms with Crippen molar-refractivity contribution in [2.45, 2.75) is 30.7 Å². The highest BCUT2D eigenvalue weighted by Gasteiger charge is 2.29. The molecular weight excluding hydrogens is 371 g/mol. The molecule has 1 aliphatic rings. The molecule has 0 unspecified atom stereocenters. The molecule has 1 aliphatic heterocycles. The number of halogens is 3. The van der Waals surface area contributed by atoms with Gasteiger partial charge in [-0.25, -0.2) is 12.8 Å². The second-order valence-corrected chi connectivity index (χ2v) is 7.53. The molecule has 4 nitrogen and oxygen atoms in total. The van der Waals surface area contributed by atoms with E-state index >= 15 is 0 Å². The minimum absolute atomic E-state index is 0. The third-order valence-electron chi connectivity index (χ3n) is 3.33. The summed E-state index contributed by atoms with van der Waals surface area (Å²) < 4.78 is 40.0. The van der Waals surface area contributed by atoms with Gasteiger partial charge in [-0.3, -0.25) is 0 Å². The van der Waals surface area contributed by atoms with Crippen molar-refractivity contribution in [2.75, 3.05) is 13.1 Å². The maximum atomic E-state index is 13.4. The molecule has 20 heavy (non-hydrogen) atoms. The second-order valence-electron chi connectivity index (χ2n) is 4.77. The molecule has 0 spiro atoms. The maximum Gasteiger partial charge on any atom is 0.243 e. The number of benzene rings is 1. The Hall–Kier alpha value is -0.210. The molecule has 8 heteroatoms. The van der Waals surface area contributed by atoms with Crippen LogP contribution in [0.15, 0.2) is 21.5 Å². The number of nitrogens with zero attached hydrogens (tertiary/aromatic N) is 1. The zero-order valence-electron chi connectivity index (χ0n) is 11.0. The molecule has 1 aromatic rings. The van der Waals surface area contributed by atoms with E-state index in [2.05, 4.69) is 15.9 Å². The third-order valence-corrected chi connectivity index (χ3v) is 5.98. The Bertz CT molecular complexity index is 589. The number of rotatable bonds is 2. The molecule has 0 amide bonds. The van der Waals surface area contributed by atoms with Crippen molar-refractivity contribution in [1.29, 1.82) is 0 Å². The van der Waals surface area contributed by atoms with Gasteiger partial charge in [-0.05, 0) is 53.4 Å². The molecule has 0 aromatic heterocycles. The highest BCUT2D eigenvalue weighted by Crippen LogP contribution is 2.27. The van der Waals surface area contributed by atoms with Crippen molar-refractivity contribution in [2.24, 2.45) is 5.73 Å². The quantitative estimate of drug-likeness (QED) is 0.848. The Kier molecular flexibility index (Phi) is 5.98. The van der Waals surface area contributed by atoms with Crippen LogP contribution in [-0.4, -0.2) is 31.9 Å². The number of piperidine rings is 1. The zero-order chi connectivity index (χ0) is 14.2. The molecule has 2 rings (SSSR count). The first-order valence-corrected chi connectivity index (χ1v) is 8.27. The molecule has 1 saturated heterocycles. The summed E-state index contributed by atoms with van der Waals surface area (Å²) in [4.78, 5) is 0.149. The molecule has 0 radical (unpaired) electrons. The summed E-state index contributed by atoms with van der Waals surface area (Å²) >= 11 is 3.03. The van der Waals surface area contributed by atoms with Crippen LogP contribution in [0, 0.1) is 12.7 Å². The molecule has 0 saturated carbocycles. The van der Waals surface area contributed by atoms with Crippen LogP contribution in [0.5, 0.6) is 0 Å². The summed E-state index contributed by atoms with van der Waals surface area (Å²) in [5.74, 6) is -0.461. The van der Waals surface area contributed by atoms with Gasteiger partial charge in [0.1, 0.15) is 5.82 Å². The smallest absolute Gasteiger partial charge is 0.243 e. The zero-order valence-corrected chi connectivity index (χ0v) is 14.2. The lowest BCUT2D eigenvalue weighted by Gasteiger charge is -2.29. The molecule has 114 valence electrons. The van der Waals surface area contributed by atoms with Crippen LogP contribution in [0.4, 0.5) is 4.39 Å². The summed E-state index contributed by atoms with van der Waals surface area (Å²) in [6.45, 7) is 2.42. The molecule has 1 aromatic carbocycles. The Labute approximate surface area is 133 Å². The monoisotopic (exact) mass is 386 g/mol. The average Bonchev–Trinajstić information content (AvgIpc) is 2.34. The lowest BCUT2D eigenvalue weighted by molar-refractivity contribution is 0.320. The van der Waals surface area contributed by atoms with E-state index in [0.717, 1.165) is 0 Å². The standard InChI is InChI=1S/C12H16BrFN2O2S.ClH/c1-8-6-11(14)10(13)7-12(8)19(17,18)16-4-2-9(15)3-5-16;/h6-7,9H,2-5,15H2,1H3;1H. The lowest BCUT2D eigenvalue weighted by atomic mass is 10.1. The van der Waals surface area contributed by atoms with Crippen LogP contribution in [0.25, 0.3) is 0 Å². The minimum Gasteiger partial charge on any atom is -0.328 e. The largest absolute Gasteiger partial charge is 0.328 e. The van der Waals surface area contributed by atoms with E-state index < -0.39 is 15.8 Å². The highest BCUT2D eigenvalue weighted by molar-refractivity contribution is 9.10. The van der Waals surface area contributed by atoms with Gasteiger partial charge in [0.05, 0.1) is 9.37 Å². The number of sulfonamides is 1. The van der Waals surface area contributed by atoms with E-state index in [1.54, 1.807) is 6.92 Å². The predicted molar refractivity (Wildman–Crippen MR) is 82.1 cm³/mol. The molecular formula is C12H17BrClFN2O2S. The van der Waals surface area contributed by atoms with Gasteiger partial charge in [0.15, 0.2) is 0 Å². The summed E-state index contributed by atoms with van der Waals surface area (Å²) in [6.07, 6.45) is 1.31. The van der Waals surface area contributed by atoms with Crippen LogP contribution >= 0.6 is 28.3 Å². The van der Waals surface area contributed by atoms with Crippen LogP contribution < -0.4 is 5.73 Å². The number of nitrogens with two attached hydrogens (primary N) is 1. The summed E-state index contributed by atoms with van der Waals surface area (Å²) in [6, 6.07) is 2.62. The fraction of sp³-hybridized carbons (Fsp3) is 0.500. The van der Waals surface area contributed by atoms with Gasteiger partial charge < -0.3 is 5.73 Å². The Balaban J connectivity index is 0.00000200. The molecule has 0 aliphatic carbocycles. The van der Waals surface area contributed by atoms with E-state index in [4.69, 9.17) is 5.73 Å². The topological polar surface area (TPSA) is 63.4 Å². The number of hydrogen-bond acceptors (Lipinski definition) is 3. The van der Waals surface area contributed by atoms with Crippen molar-refractivity contribution in [3.8, 4) is 0 Å². The molecule has 1 fully saturated rings. The fourth-order valence-corrected chi connectivity index (χ4v) is 4.36. The van der Waals surface area contributed by atoms with E-state index in [1.807, 2.05) is 0 Å². The van der Waals surface area contributed by atoms with Crippen molar-refractivity contribution in [3.63, 3.8) is 0 Å². The van der Waals surface area contributed by atoms with E-state index in [-0.39, 0.29) is 27.8 Å². The SMILES string of the molecule is Cc1cc(F)c(Br)cc1S(=O)(=O)N1CCC(N)CC1.Cl. The normalized spacial score (nSPS) is 17.8. The summed E-state index contributed by atoms with van der Waals surface area (Å²) in [5.41, 5.74) is 6.19. The third kappa shape index (κ3) is 3.51. The van der Waals surface area contributed by atoms with Crippen LogP contribution in [-0.2, 0) is 10.0 Å². The van der Waals surface area contributed by atoms with Crippen molar-refractivity contribution < 1.29 is 12.8 Å². The Morgan fingerprint density at radius 1 is 1.35 bits per heavy atom. The number of aryl methyl sites for hydroxylation is 1.